The lowest BCUT2D eigenvalue weighted by Crippen LogP contribution is -2.34. The summed E-state index contributed by atoms with van der Waals surface area (Å²) in [7, 11) is 0. The van der Waals surface area contributed by atoms with Crippen molar-refractivity contribution in [2.45, 2.75) is 31.9 Å². The predicted molar refractivity (Wildman–Crippen MR) is 91.0 cm³/mol. The second-order valence-corrected chi connectivity index (χ2v) is 7.55. The van der Waals surface area contributed by atoms with Crippen molar-refractivity contribution in [3.63, 3.8) is 0 Å². The number of nitrogens with zero attached hydrogens (tertiary/aromatic N) is 1. The van der Waals surface area contributed by atoms with E-state index < -0.39 is 18.1 Å². The Labute approximate surface area is 149 Å². The lowest BCUT2D eigenvalue weighted by Gasteiger charge is -2.18. The first-order valence-corrected chi connectivity index (χ1v) is 8.59. The molecule has 0 radical (unpaired) electrons. The summed E-state index contributed by atoms with van der Waals surface area (Å²) in [6.45, 7) is 3.79. The Balaban J connectivity index is 1.56. The Kier molecular flexibility index (Phi) is 4.72. The van der Waals surface area contributed by atoms with Crippen molar-refractivity contribution in [3.05, 3.63) is 29.3 Å². The highest BCUT2D eigenvalue weighted by Crippen LogP contribution is 2.37. The number of benzene rings is 1. The molecule has 1 aromatic carbocycles. The van der Waals surface area contributed by atoms with Gasteiger partial charge in [-0.3, -0.25) is 14.5 Å². The zero-order valence-electron chi connectivity index (χ0n) is 14.7. The Morgan fingerprint density at radius 3 is 2.81 bits per heavy atom. The molecule has 0 bridgehead atoms. The first-order valence-electron chi connectivity index (χ1n) is 8.59. The number of fused-ring (bicyclic) bond motifs is 1. The van der Waals surface area contributed by atoms with Crippen LogP contribution in [-0.2, 0) is 10.2 Å². The van der Waals surface area contributed by atoms with Gasteiger partial charge in [-0.15, -0.1) is 0 Å². The van der Waals surface area contributed by atoms with Gasteiger partial charge >= 0.3 is 6.18 Å². The van der Waals surface area contributed by atoms with Crippen LogP contribution in [0.5, 0.6) is 0 Å². The van der Waals surface area contributed by atoms with Crippen LogP contribution in [0.25, 0.3) is 0 Å². The van der Waals surface area contributed by atoms with Gasteiger partial charge in [-0.05, 0) is 50.4 Å². The predicted octanol–water partition coefficient (Wildman–Crippen LogP) is 2.53. The van der Waals surface area contributed by atoms with E-state index in [0.717, 1.165) is 5.56 Å². The first-order chi connectivity index (χ1) is 12.1. The highest BCUT2D eigenvalue weighted by molar-refractivity contribution is 6.07. The summed E-state index contributed by atoms with van der Waals surface area (Å²) in [4.78, 5) is 25.7. The van der Waals surface area contributed by atoms with Crippen LogP contribution in [0, 0.1) is 5.92 Å². The van der Waals surface area contributed by atoms with E-state index >= 15 is 0 Å². The molecule has 5 nitrogen and oxygen atoms in total. The summed E-state index contributed by atoms with van der Waals surface area (Å²) in [5, 5.41) is 5.56. The molecule has 2 N–H and O–H groups in total. The average molecular weight is 369 g/mol. The topological polar surface area (TPSA) is 61.4 Å². The highest BCUT2D eigenvalue weighted by Gasteiger charge is 2.38. The van der Waals surface area contributed by atoms with Gasteiger partial charge in [0.2, 0.25) is 5.91 Å². The molecule has 1 aromatic rings. The van der Waals surface area contributed by atoms with E-state index in [1.54, 1.807) is 18.2 Å². The molecule has 26 heavy (non-hydrogen) atoms. The normalized spacial score (nSPS) is 22.2. The van der Waals surface area contributed by atoms with E-state index in [0.29, 0.717) is 37.3 Å². The van der Waals surface area contributed by atoms with Crippen molar-refractivity contribution in [3.8, 4) is 0 Å². The van der Waals surface area contributed by atoms with Crippen LogP contribution in [0.4, 0.5) is 18.9 Å². The van der Waals surface area contributed by atoms with E-state index in [-0.39, 0.29) is 17.7 Å². The Morgan fingerprint density at radius 1 is 1.38 bits per heavy atom. The molecular formula is C18H22F3N3O2. The van der Waals surface area contributed by atoms with Crippen LogP contribution in [0.2, 0.25) is 0 Å². The maximum Gasteiger partial charge on any atom is 0.401 e. The number of nitrogens with one attached hydrogen (secondary N) is 2. The van der Waals surface area contributed by atoms with Crippen LogP contribution >= 0.6 is 0 Å². The molecule has 2 heterocycles. The molecule has 2 amide bonds. The summed E-state index contributed by atoms with van der Waals surface area (Å²) < 4.78 is 37.3. The number of hydrogen-bond acceptors (Lipinski definition) is 3. The minimum Gasteiger partial charge on any atom is -0.352 e. The van der Waals surface area contributed by atoms with Crippen LogP contribution < -0.4 is 10.6 Å². The van der Waals surface area contributed by atoms with Gasteiger partial charge in [-0.25, -0.2) is 0 Å². The van der Waals surface area contributed by atoms with Crippen molar-refractivity contribution in [1.29, 1.82) is 0 Å². The number of anilines is 1. The smallest absolute Gasteiger partial charge is 0.352 e. The van der Waals surface area contributed by atoms with E-state index in [1.165, 1.54) is 4.90 Å². The van der Waals surface area contributed by atoms with E-state index in [1.807, 2.05) is 13.8 Å². The van der Waals surface area contributed by atoms with Gasteiger partial charge in [0.25, 0.3) is 5.91 Å². The first kappa shape index (κ1) is 18.7. The minimum atomic E-state index is -4.19. The van der Waals surface area contributed by atoms with Gasteiger partial charge in [0.15, 0.2) is 0 Å². The minimum absolute atomic E-state index is 0.00867. The van der Waals surface area contributed by atoms with Gasteiger partial charge in [0.1, 0.15) is 0 Å². The number of alkyl halides is 3. The van der Waals surface area contributed by atoms with Crippen molar-refractivity contribution in [2.75, 3.05) is 31.5 Å². The lowest BCUT2D eigenvalue weighted by atomic mass is 9.86. The Hall–Kier alpha value is -2.09. The maximum atomic E-state index is 12.4. The third-order valence-electron chi connectivity index (χ3n) is 5.10. The van der Waals surface area contributed by atoms with E-state index in [4.69, 9.17) is 0 Å². The highest BCUT2D eigenvalue weighted by atomic mass is 19.4. The molecule has 1 fully saturated rings. The number of carbonyl (C=O) groups is 2. The number of halogens is 3. The van der Waals surface area contributed by atoms with Crippen molar-refractivity contribution >= 4 is 17.5 Å². The van der Waals surface area contributed by atoms with Gasteiger partial charge in [0, 0.05) is 24.3 Å². The van der Waals surface area contributed by atoms with Gasteiger partial charge in [0.05, 0.1) is 12.0 Å². The molecule has 1 unspecified atom stereocenters. The van der Waals surface area contributed by atoms with Crippen LogP contribution in [-0.4, -0.2) is 49.1 Å². The molecule has 0 spiro atoms. The zero-order valence-corrected chi connectivity index (χ0v) is 14.7. The van der Waals surface area contributed by atoms with Gasteiger partial charge < -0.3 is 10.6 Å². The fourth-order valence-corrected chi connectivity index (χ4v) is 3.55. The fourth-order valence-electron chi connectivity index (χ4n) is 3.55. The van der Waals surface area contributed by atoms with Crippen molar-refractivity contribution in [1.82, 2.24) is 10.2 Å². The summed E-state index contributed by atoms with van der Waals surface area (Å²) in [6.07, 6.45) is -3.56. The van der Waals surface area contributed by atoms with Crippen molar-refractivity contribution in [2.24, 2.45) is 5.92 Å². The molecule has 2 aliphatic rings. The monoisotopic (exact) mass is 369 g/mol. The van der Waals surface area contributed by atoms with E-state index in [9.17, 15) is 22.8 Å². The second kappa shape index (κ2) is 6.57. The zero-order chi connectivity index (χ0) is 19.1. The Bertz CT molecular complexity index is 731. The number of hydrogen-bond donors (Lipinski definition) is 2. The summed E-state index contributed by atoms with van der Waals surface area (Å²) in [5.41, 5.74) is 1.27. The quantitative estimate of drug-likeness (QED) is 0.857. The second-order valence-electron chi connectivity index (χ2n) is 7.55. The number of likely N-dealkylation sites (tertiary alicyclic amines) is 1. The molecular weight excluding hydrogens is 347 g/mol. The van der Waals surface area contributed by atoms with E-state index in [2.05, 4.69) is 10.6 Å². The SMILES string of the molecule is CC1(C)C(=O)Nc2cc(C(=O)NCC3CCN(CC(F)(F)F)C3)ccc21. The molecule has 1 atom stereocenters. The molecule has 0 saturated carbocycles. The summed E-state index contributed by atoms with van der Waals surface area (Å²) in [6, 6.07) is 5.07. The summed E-state index contributed by atoms with van der Waals surface area (Å²) in [5.74, 6) is -0.392. The summed E-state index contributed by atoms with van der Waals surface area (Å²) >= 11 is 0. The number of rotatable bonds is 4. The van der Waals surface area contributed by atoms with Gasteiger partial charge in [-0.1, -0.05) is 6.07 Å². The fraction of sp³-hybridized carbons (Fsp3) is 0.556. The molecule has 8 heteroatoms. The average Bonchev–Trinajstić information content (AvgIpc) is 3.06. The molecule has 3 rings (SSSR count). The third-order valence-corrected chi connectivity index (χ3v) is 5.10. The van der Waals surface area contributed by atoms with Crippen LogP contribution in [0.1, 0.15) is 36.2 Å². The van der Waals surface area contributed by atoms with Crippen LogP contribution in [0.3, 0.4) is 0 Å². The third kappa shape index (κ3) is 3.85. The molecule has 142 valence electrons. The molecule has 0 aromatic heterocycles. The van der Waals surface area contributed by atoms with Gasteiger partial charge in [-0.2, -0.15) is 13.2 Å². The molecule has 1 saturated heterocycles. The largest absolute Gasteiger partial charge is 0.401 e. The maximum absolute atomic E-state index is 12.4. The Morgan fingerprint density at radius 2 is 2.12 bits per heavy atom. The number of amides is 2. The molecule has 0 aliphatic carbocycles. The lowest BCUT2D eigenvalue weighted by molar-refractivity contribution is -0.143. The number of carbonyl (C=O) groups excluding carboxylic acids is 2. The van der Waals surface area contributed by atoms with Crippen molar-refractivity contribution < 1.29 is 22.8 Å². The standard InChI is InChI=1S/C18H22F3N3O2/c1-17(2)13-4-3-12(7-14(13)23-16(17)26)15(25)22-8-11-5-6-24(9-11)10-18(19,20)21/h3-4,7,11H,5-6,8-10H2,1-2H3,(H,22,25)(H,23,26). The van der Waals surface area contributed by atoms with Crippen LogP contribution in [0.15, 0.2) is 18.2 Å². The molecule has 2 aliphatic heterocycles.